The van der Waals surface area contributed by atoms with Crippen LogP contribution in [0.4, 0.5) is 0 Å². The normalized spacial score (nSPS) is 13.4. The molecule has 152 valence electrons. The molecular weight excluding hydrogens is 372 g/mol. The lowest BCUT2D eigenvalue weighted by molar-refractivity contribution is -0.158. The van der Waals surface area contributed by atoms with Gasteiger partial charge in [0.15, 0.2) is 0 Å². The van der Waals surface area contributed by atoms with Crippen molar-refractivity contribution in [2.24, 2.45) is 5.92 Å². The lowest BCUT2D eigenvalue weighted by Gasteiger charge is -2.26. The van der Waals surface area contributed by atoms with Gasteiger partial charge in [-0.15, -0.1) is 11.8 Å². The number of hydrogen-bond donors (Lipinski definition) is 1. The largest absolute Gasteiger partial charge is 0.496 e. The number of ether oxygens (including phenoxy) is 4. The fourth-order valence-corrected chi connectivity index (χ4v) is 3.52. The average molecular weight is 400 g/mol. The van der Waals surface area contributed by atoms with Gasteiger partial charge in [-0.05, 0) is 20.8 Å². The van der Waals surface area contributed by atoms with Gasteiger partial charge in [-0.25, -0.2) is 0 Å². The molecule has 0 saturated carbocycles. The molecule has 0 aromatic heterocycles. The Hall–Kier alpha value is -2.09. The van der Waals surface area contributed by atoms with Crippen molar-refractivity contribution in [2.75, 3.05) is 21.3 Å². The Morgan fingerprint density at radius 2 is 1.59 bits per heavy atom. The van der Waals surface area contributed by atoms with Crippen LogP contribution in [0.1, 0.15) is 33.3 Å². The quantitative estimate of drug-likeness (QED) is 0.631. The van der Waals surface area contributed by atoms with Crippen molar-refractivity contribution in [3.8, 4) is 17.2 Å². The van der Waals surface area contributed by atoms with E-state index in [9.17, 15) is 14.7 Å². The van der Waals surface area contributed by atoms with Gasteiger partial charge in [0.1, 0.15) is 28.1 Å². The molecule has 0 amide bonds. The number of esters is 1. The number of methoxy groups -OCH3 is 3. The van der Waals surface area contributed by atoms with Crippen LogP contribution in [0.25, 0.3) is 0 Å². The van der Waals surface area contributed by atoms with Crippen molar-refractivity contribution in [2.45, 2.75) is 44.3 Å². The van der Waals surface area contributed by atoms with Crippen LogP contribution in [0.15, 0.2) is 12.1 Å². The number of thioether (sulfide) groups is 1. The summed E-state index contributed by atoms with van der Waals surface area (Å²) >= 11 is 1.18. The SMILES string of the molecule is COc1cc(OC)c(CS[C@H](C(=O)OC(C)(C)C)[C@H](C)C(=O)O)c(OC)c1. The molecule has 0 aliphatic carbocycles. The summed E-state index contributed by atoms with van der Waals surface area (Å²) in [6.45, 7) is 6.72. The van der Waals surface area contributed by atoms with Crippen LogP contribution >= 0.6 is 11.8 Å². The van der Waals surface area contributed by atoms with Gasteiger partial charge >= 0.3 is 11.9 Å². The zero-order chi connectivity index (χ0) is 20.8. The van der Waals surface area contributed by atoms with Crippen molar-refractivity contribution in [1.29, 1.82) is 0 Å². The van der Waals surface area contributed by atoms with Gasteiger partial charge < -0.3 is 24.1 Å². The number of carboxylic acids is 1. The minimum absolute atomic E-state index is 0.303. The summed E-state index contributed by atoms with van der Waals surface area (Å²) in [5.74, 6) is -0.604. The van der Waals surface area contributed by atoms with Gasteiger partial charge in [-0.2, -0.15) is 0 Å². The summed E-state index contributed by atoms with van der Waals surface area (Å²) in [6, 6.07) is 3.42. The summed E-state index contributed by atoms with van der Waals surface area (Å²) < 4.78 is 21.4. The first-order valence-electron chi connectivity index (χ1n) is 8.40. The van der Waals surface area contributed by atoms with E-state index in [1.165, 1.54) is 40.0 Å². The summed E-state index contributed by atoms with van der Waals surface area (Å²) in [5, 5.41) is 8.50. The first-order valence-corrected chi connectivity index (χ1v) is 9.45. The van der Waals surface area contributed by atoms with E-state index in [1.807, 2.05) is 0 Å². The smallest absolute Gasteiger partial charge is 0.320 e. The summed E-state index contributed by atoms with van der Waals surface area (Å²) in [5.41, 5.74) is 0.000755. The van der Waals surface area contributed by atoms with Crippen molar-refractivity contribution in [3.05, 3.63) is 17.7 Å². The minimum Gasteiger partial charge on any atom is -0.496 e. The standard InChI is InChI=1S/C19H28O7S/c1-11(17(20)21)16(18(22)26-19(2,3)4)27-10-13-14(24-6)8-12(23-5)9-15(13)25-7/h8-9,11,16H,10H2,1-7H3,(H,20,21)/t11-,16-/m0/s1. The highest BCUT2D eigenvalue weighted by Gasteiger charge is 2.34. The van der Waals surface area contributed by atoms with Crippen molar-refractivity contribution < 1.29 is 33.6 Å². The molecule has 0 bridgehead atoms. The Labute approximate surface area is 164 Å². The zero-order valence-corrected chi connectivity index (χ0v) is 17.6. The molecular formula is C19H28O7S. The average Bonchev–Trinajstić information content (AvgIpc) is 2.59. The van der Waals surface area contributed by atoms with E-state index in [4.69, 9.17) is 18.9 Å². The number of carbonyl (C=O) groups excluding carboxylic acids is 1. The lowest BCUT2D eigenvalue weighted by atomic mass is 10.1. The maximum absolute atomic E-state index is 12.5. The predicted molar refractivity (Wildman–Crippen MR) is 104 cm³/mol. The number of aliphatic carboxylic acids is 1. The van der Waals surface area contributed by atoms with E-state index in [0.717, 1.165) is 0 Å². The second-order valence-electron chi connectivity index (χ2n) is 6.90. The third-order valence-corrected chi connectivity index (χ3v) is 5.12. The number of carboxylic acid groups (broad SMARTS) is 1. The Morgan fingerprint density at radius 3 is 1.96 bits per heavy atom. The van der Waals surface area contributed by atoms with E-state index < -0.39 is 28.7 Å². The molecule has 1 N–H and O–H groups in total. The summed E-state index contributed by atoms with van der Waals surface area (Å²) in [6.07, 6.45) is 0. The summed E-state index contributed by atoms with van der Waals surface area (Å²) in [7, 11) is 4.58. The minimum atomic E-state index is -1.06. The second-order valence-corrected chi connectivity index (χ2v) is 8.03. The highest BCUT2D eigenvalue weighted by molar-refractivity contribution is 7.99. The predicted octanol–water partition coefficient (Wildman–Crippen LogP) is 3.38. The van der Waals surface area contributed by atoms with E-state index in [-0.39, 0.29) is 0 Å². The Bertz CT molecular complexity index is 642. The van der Waals surface area contributed by atoms with E-state index in [0.29, 0.717) is 28.6 Å². The maximum Gasteiger partial charge on any atom is 0.320 e. The molecule has 1 aromatic carbocycles. The molecule has 2 atom stereocenters. The fraction of sp³-hybridized carbons (Fsp3) is 0.579. The Balaban J connectivity index is 3.14. The number of carbonyl (C=O) groups is 2. The molecule has 0 heterocycles. The van der Waals surface area contributed by atoms with Gasteiger partial charge in [-0.3, -0.25) is 9.59 Å². The Kier molecular flexibility index (Phi) is 8.27. The second kappa shape index (κ2) is 9.73. The van der Waals surface area contributed by atoms with Gasteiger partial charge in [0.2, 0.25) is 0 Å². The number of benzene rings is 1. The maximum atomic E-state index is 12.5. The van der Waals surface area contributed by atoms with Crippen molar-refractivity contribution in [1.82, 2.24) is 0 Å². The monoisotopic (exact) mass is 400 g/mol. The summed E-state index contributed by atoms with van der Waals surface area (Å²) in [4.78, 5) is 24.0. The van der Waals surface area contributed by atoms with Gasteiger partial charge in [0, 0.05) is 23.4 Å². The molecule has 0 radical (unpaired) electrons. The lowest BCUT2D eigenvalue weighted by Crippen LogP contribution is -2.36. The first-order chi connectivity index (χ1) is 12.5. The zero-order valence-electron chi connectivity index (χ0n) is 16.8. The molecule has 0 fully saturated rings. The van der Waals surface area contributed by atoms with Crippen LogP contribution in [0.3, 0.4) is 0 Å². The van der Waals surface area contributed by atoms with Crippen LogP contribution in [0.2, 0.25) is 0 Å². The Morgan fingerprint density at radius 1 is 1.07 bits per heavy atom. The molecule has 0 saturated heterocycles. The van der Waals surface area contributed by atoms with E-state index >= 15 is 0 Å². The van der Waals surface area contributed by atoms with Crippen molar-refractivity contribution in [3.63, 3.8) is 0 Å². The van der Waals surface area contributed by atoms with Crippen LogP contribution in [-0.4, -0.2) is 49.2 Å². The molecule has 0 spiro atoms. The molecule has 0 unspecified atom stereocenters. The molecule has 0 aliphatic rings. The number of rotatable bonds is 9. The topological polar surface area (TPSA) is 91.3 Å². The van der Waals surface area contributed by atoms with Crippen LogP contribution in [-0.2, 0) is 20.1 Å². The van der Waals surface area contributed by atoms with Crippen LogP contribution in [0, 0.1) is 5.92 Å². The van der Waals surface area contributed by atoms with Gasteiger partial charge in [0.05, 0.1) is 27.2 Å². The fourth-order valence-electron chi connectivity index (χ4n) is 2.30. The highest BCUT2D eigenvalue weighted by Crippen LogP contribution is 2.38. The number of hydrogen-bond acceptors (Lipinski definition) is 7. The van der Waals surface area contributed by atoms with Gasteiger partial charge in [0.25, 0.3) is 0 Å². The molecule has 1 aromatic rings. The molecule has 8 heteroatoms. The molecule has 7 nitrogen and oxygen atoms in total. The van der Waals surface area contributed by atoms with E-state index in [1.54, 1.807) is 32.9 Å². The van der Waals surface area contributed by atoms with E-state index in [2.05, 4.69) is 0 Å². The van der Waals surface area contributed by atoms with Gasteiger partial charge in [-0.1, -0.05) is 6.92 Å². The van der Waals surface area contributed by atoms with Crippen LogP contribution < -0.4 is 14.2 Å². The molecule has 0 aliphatic heterocycles. The highest BCUT2D eigenvalue weighted by atomic mass is 32.2. The van der Waals surface area contributed by atoms with Crippen molar-refractivity contribution >= 4 is 23.7 Å². The van der Waals surface area contributed by atoms with Crippen LogP contribution in [0.5, 0.6) is 17.2 Å². The third kappa shape index (κ3) is 6.53. The molecule has 1 rings (SSSR count). The first kappa shape index (κ1) is 23.0. The third-order valence-electron chi connectivity index (χ3n) is 3.71. The molecule has 27 heavy (non-hydrogen) atoms.